The maximum Gasteiger partial charge on any atom is 0.127 e. The van der Waals surface area contributed by atoms with Crippen molar-refractivity contribution in [2.45, 2.75) is 6.92 Å². The topological polar surface area (TPSA) is 52.0 Å². The van der Waals surface area contributed by atoms with Gasteiger partial charge in [0.25, 0.3) is 0 Å². The van der Waals surface area contributed by atoms with Crippen LogP contribution in [-0.2, 0) is 0 Å². The van der Waals surface area contributed by atoms with Crippen molar-refractivity contribution >= 4 is 5.82 Å². The zero-order chi connectivity index (χ0) is 11.3. The minimum absolute atomic E-state index is 0.648. The predicted octanol–water partition coefficient (Wildman–Crippen LogP) is 1.24. The molecular weight excluding hydrogens is 188 g/mol. The number of nitrogens with one attached hydrogen (secondary N) is 1. The molecule has 1 heterocycles. The number of aryl methyl sites for hydroxylation is 1. The third-order valence-corrected chi connectivity index (χ3v) is 1.95. The monoisotopic (exact) mass is 204 g/mol. The van der Waals surface area contributed by atoms with Crippen LogP contribution in [0.2, 0.25) is 0 Å². The van der Waals surface area contributed by atoms with Crippen molar-refractivity contribution in [1.29, 1.82) is 5.26 Å². The summed E-state index contributed by atoms with van der Waals surface area (Å²) in [4.78, 5) is 6.39. The third-order valence-electron chi connectivity index (χ3n) is 1.95. The van der Waals surface area contributed by atoms with Crippen molar-refractivity contribution in [3.63, 3.8) is 0 Å². The summed E-state index contributed by atoms with van der Waals surface area (Å²) in [5.74, 6) is 0.772. The Balaban J connectivity index is 2.61. The molecule has 15 heavy (non-hydrogen) atoms. The number of hydrogen-bond acceptors (Lipinski definition) is 4. The minimum atomic E-state index is 0.648. The van der Waals surface area contributed by atoms with E-state index >= 15 is 0 Å². The molecule has 0 bridgehead atoms. The fourth-order valence-corrected chi connectivity index (χ4v) is 1.23. The van der Waals surface area contributed by atoms with E-state index in [2.05, 4.69) is 21.3 Å². The van der Waals surface area contributed by atoms with Gasteiger partial charge < -0.3 is 10.2 Å². The van der Waals surface area contributed by atoms with Gasteiger partial charge in [-0.15, -0.1) is 0 Å². The summed E-state index contributed by atoms with van der Waals surface area (Å²) in [5.41, 5.74) is 1.51. The molecule has 0 radical (unpaired) electrons. The Hall–Kier alpha value is -1.60. The van der Waals surface area contributed by atoms with E-state index in [0.29, 0.717) is 5.56 Å². The second-order valence-electron chi connectivity index (χ2n) is 3.72. The highest BCUT2D eigenvalue weighted by Crippen LogP contribution is 2.08. The second-order valence-corrected chi connectivity index (χ2v) is 3.72. The Kier molecular flexibility index (Phi) is 4.07. The van der Waals surface area contributed by atoms with E-state index in [1.54, 1.807) is 12.1 Å². The van der Waals surface area contributed by atoms with Crippen LogP contribution in [0.3, 0.4) is 0 Å². The van der Waals surface area contributed by atoms with Crippen LogP contribution in [0.5, 0.6) is 0 Å². The number of rotatable bonds is 4. The smallest absolute Gasteiger partial charge is 0.127 e. The molecular formula is C11H16N4. The van der Waals surface area contributed by atoms with Crippen LogP contribution in [0, 0.1) is 18.3 Å². The summed E-state index contributed by atoms with van der Waals surface area (Å²) in [5, 5.41) is 12.0. The number of aromatic nitrogens is 1. The van der Waals surface area contributed by atoms with E-state index in [-0.39, 0.29) is 0 Å². The lowest BCUT2D eigenvalue weighted by Gasteiger charge is -2.11. The van der Waals surface area contributed by atoms with Gasteiger partial charge in [0.1, 0.15) is 5.82 Å². The van der Waals surface area contributed by atoms with Crippen LogP contribution in [0.4, 0.5) is 5.82 Å². The number of hydrogen-bond donors (Lipinski definition) is 1. The average molecular weight is 204 g/mol. The van der Waals surface area contributed by atoms with Gasteiger partial charge >= 0.3 is 0 Å². The Bertz CT molecular complexity index is 365. The first-order chi connectivity index (χ1) is 7.11. The van der Waals surface area contributed by atoms with Crippen LogP contribution in [0.1, 0.15) is 11.3 Å². The third kappa shape index (κ3) is 3.96. The number of anilines is 1. The maximum absolute atomic E-state index is 8.79. The highest BCUT2D eigenvalue weighted by molar-refractivity contribution is 5.44. The molecule has 1 aromatic heterocycles. The molecule has 1 N–H and O–H groups in total. The SMILES string of the molecule is Cc1cc(C#N)cc(NCCN(C)C)n1. The van der Waals surface area contributed by atoms with Gasteiger partial charge in [-0.2, -0.15) is 5.26 Å². The van der Waals surface area contributed by atoms with Crippen LogP contribution in [0.25, 0.3) is 0 Å². The van der Waals surface area contributed by atoms with E-state index < -0.39 is 0 Å². The molecule has 0 aromatic carbocycles. The molecule has 0 atom stereocenters. The highest BCUT2D eigenvalue weighted by atomic mass is 15.1. The lowest BCUT2D eigenvalue weighted by Crippen LogP contribution is -2.21. The van der Waals surface area contributed by atoms with Crippen molar-refractivity contribution in [2.75, 3.05) is 32.5 Å². The molecule has 0 aliphatic carbocycles. The Morgan fingerprint density at radius 1 is 1.47 bits per heavy atom. The van der Waals surface area contributed by atoms with Crippen LogP contribution in [-0.4, -0.2) is 37.1 Å². The summed E-state index contributed by atoms with van der Waals surface area (Å²) >= 11 is 0. The van der Waals surface area contributed by atoms with Gasteiger partial charge in [-0.05, 0) is 33.2 Å². The second kappa shape index (κ2) is 5.32. The van der Waals surface area contributed by atoms with Gasteiger partial charge in [0.15, 0.2) is 0 Å². The van der Waals surface area contributed by atoms with Crippen molar-refractivity contribution in [3.05, 3.63) is 23.4 Å². The van der Waals surface area contributed by atoms with E-state index in [1.165, 1.54) is 0 Å². The van der Waals surface area contributed by atoms with Gasteiger partial charge in [-0.3, -0.25) is 0 Å². The van der Waals surface area contributed by atoms with E-state index in [0.717, 1.165) is 24.6 Å². The van der Waals surface area contributed by atoms with Crippen molar-refractivity contribution in [1.82, 2.24) is 9.88 Å². The zero-order valence-corrected chi connectivity index (χ0v) is 9.41. The summed E-state index contributed by atoms with van der Waals surface area (Å²) < 4.78 is 0. The van der Waals surface area contributed by atoms with Crippen molar-refractivity contribution < 1.29 is 0 Å². The minimum Gasteiger partial charge on any atom is -0.369 e. The first kappa shape index (κ1) is 11.5. The molecule has 0 saturated carbocycles. The zero-order valence-electron chi connectivity index (χ0n) is 9.41. The van der Waals surface area contributed by atoms with Gasteiger partial charge in [0.2, 0.25) is 0 Å². The van der Waals surface area contributed by atoms with Crippen molar-refractivity contribution in [3.8, 4) is 6.07 Å². The maximum atomic E-state index is 8.79. The van der Waals surface area contributed by atoms with Gasteiger partial charge in [-0.1, -0.05) is 0 Å². The predicted molar refractivity (Wildman–Crippen MR) is 60.7 cm³/mol. The summed E-state index contributed by atoms with van der Waals surface area (Å²) in [7, 11) is 4.04. The molecule has 4 nitrogen and oxygen atoms in total. The van der Waals surface area contributed by atoms with Crippen LogP contribution in [0.15, 0.2) is 12.1 Å². The summed E-state index contributed by atoms with van der Waals surface area (Å²) in [6.07, 6.45) is 0. The first-order valence-corrected chi connectivity index (χ1v) is 4.89. The summed E-state index contributed by atoms with van der Waals surface area (Å²) in [6.45, 7) is 3.66. The molecule has 0 saturated heterocycles. The Labute approximate surface area is 90.5 Å². The Morgan fingerprint density at radius 3 is 2.80 bits per heavy atom. The molecule has 1 aromatic rings. The lowest BCUT2D eigenvalue weighted by molar-refractivity contribution is 0.425. The van der Waals surface area contributed by atoms with Crippen molar-refractivity contribution in [2.24, 2.45) is 0 Å². The number of likely N-dealkylation sites (N-methyl/N-ethyl adjacent to an activating group) is 1. The Morgan fingerprint density at radius 2 is 2.20 bits per heavy atom. The number of nitriles is 1. The molecule has 0 aliphatic rings. The van der Waals surface area contributed by atoms with E-state index in [4.69, 9.17) is 5.26 Å². The molecule has 0 amide bonds. The van der Waals surface area contributed by atoms with E-state index in [1.807, 2.05) is 21.0 Å². The highest BCUT2D eigenvalue weighted by Gasteiger charge is 1.99. The van der Waals surface area contributed by atoms with Crippen LogP contribution < -0.4 is 5.32 Å². The number of pyridine rings is 1. The number of nitrogens with zero attached hydrogens (tertiary/aromatic N) is 3. The van der Waals surface area contributed by atoms with Gasteiger partial charge in [-0.25, -0.2) is 4.98 Å². The molecule has 4 heteroatoms. The molecule has 0 spiro atoms. The average Bonchev–Trinajstić information content (AvgIpc) is 2.16. The fourth-order valence-electron chi connectivity index (χ4n) is 1.23. The standard InChI is InChI=1S/C11H16N4/c1-9-6-10(8-12)7-11(14-9)13-4-5-15(2)3/h6-7H,4-5H2,1-3H3,(H,13,14). The molecule has 0 fully saturated rings. The lowest BCUT2D eigenvalue weighted by atomic mass is 10.2. The largest absolute Gasteiger partial charge is 0.369 e. The van der Waals surface area contributed by atoms with E-state index in [9.17, 15) is 0 Å². The molecule has 0 unspecified atom stereocenters. The van der Waals surface area contributed by atoms with Gasteiger partial charge in [0.05, 0.1) is 11.6 Å². The fraction of sp³-hybridized carbons (Fsp3) is 0.455. The van der Waals surface area contributed by atoms with Crippen LogP contribution >= 0.6 is 0 Å². The summed E-state index contributed by atoms with van der Waals surface area (Å²) in [6, 6.07) is 5.66. The normalized spacial score (nSPS) is 10.1. The first-order valence-electron chi connectivity index (χ1n) is 4.89. The molecule has 80 valence electrons. The molecule has 0 aliphatic heterocycles. The van der Waals surface area contributed by atoms with Gasteiger partial charge in [0, 0.05) is 18.8 Å². The quantitative estimate of drug-likeness (QED) is 0.801. The molecule has 1 rings (SSSR count).